The summed E-state index contributed by atoms with van der Waals surface area (Å²) in [5.41, 5.74) is 0. The molecule has 1 atom stereocenters. The maximum absolute atomic E-state index is 4.49. The average molecular weight is 168 g/mol. The van der Waals surface area contributed by atoms with Gasteiger partial charge in [0.2, 0.25) is 0 Å². The summed E-state index contributed by atoms with van der Waals surface area (Å²) in [5.74, 6) is 1.90. The molecule has 1 saturated carbocycles. The van der Waals surface area contributed by atoms with E-state index in [9.17, 15) is 0 Å². The van der Waals surface area contributed by atoms with Gasteiger partial charge in [0, 0.05) is 13.1 Å². The SMILES string of the molecule is CC[N]CC(CC)C1CCCC1. The number of hydrogen-bond acceptors (Lipinski definition) is 0. The smallest absolute Gasteiger partial charge is 0.0164 e. The van der Waals surface area contributed by atoms with Crippen LogP contribution >= 0.6 is 0 Å². The van der Waals surface area contributed by atoms with Gasteiger partial charge < -0.3 is 0 Å². The Morgan fingerprint density at radius 3 is 2.42 bits per heavy atom. The van der Waals surface area contributed by atoms with Gasteiger partial charge in [-0.2, -0.15) is 0 Å². The Bertz CT molecular complexity index is 106. The molecular weight excluding hydrogens is 146 g/mol. The summed E-state index contributed by atoms with van der Waals surface area (Å²) in [4.78, 5) is 0. The van der Waals surface area contributed by atoms with E-state index in [1.54, 1.807) is 0 Å². The lowest BCUT2D eigenvalue weighted by Crippen LogP contribution is -2.22. The van der Waals surface area contributed by atoms with Crippen molar-refractivity contribution in [1.29, 1.82) is 0 Å². The Balaban J connectivity index is 2.22. The van der Waals surface area contributed by atoms with Crippen LogP contribution < -0.4 is 5.32 Å². The Morgan fingerprint density at radius 2 is 1.92 bits per heavy atom. The van der Waals surface area contributed by atoms with Gasteiger partial charge in [-0.15, -0.1) is 0 Å². The fraction of sp³-hybridized carbons (Fsp3) is 1.00. The monoisotopic (exact) mass is 168 g/mol. The molecule has 1 fully saturated rings. The molecule has 0 heterocycles. The first-order valence-corrected chi connectivity index (χ1v) is 5.51. The number of nitrogens with zero attached hydrogens (tertiary/aromatic N) is 1. The fourth-order valence-corrected chi connectivity index (χ4v) is 2.34. The van der Waals surface area contributed by atoms with Crippen molar-refractivity contribution in [3.05, 3.63) is 0 Å². The average Bonchev–Trinajstić information content (AvgIpc) is 2.59. The topological polar surface area (TPSA) is 14.1 Å². The summed E-state index contributed by atoms with van der Waals surface area (Å²) < 4.78 is 0. The molecule has 1 heteroatoms. The zero-order valence-corrected chi connectivity index (χ0v) is 8.55. The number of rotatable bonds is 5. The van der Waals surface area contributed by atoms with Crippen molar-refractivity contribution >= 4 is 0 Å². The predicted molar refractivity (Wildman–Crippen MR) is 53.3 cm³/mol. The molecule has 0 spiro atoms. The molecule has 1 aliphatic carbocycles. The minimum Gasteiger partial charge on any atom is -0.242 e. The molecule has 1 nitrogen and oxygen atoms in total. The Hall–Kier alpha value is -0.0400. The van der Waals surface area contributed by atoms with Gasteiger partial charge in [0.15, 0.2) is 0 Å². The van der Waals surface area contributed by atoms with Crippen molar-refractivity contribution < 1.29 is 0 Å². The van der Waals surface area contributed by atoms with Gasteiger partial charge in [0.25, 0.3) is 0 Å². The van der Waals surface area contributed by atoms with Gasteiger partial charge >= 0.3 is 0 Å². The van der Waals surface area contributed by atoms with Crippen LogP contribution in [0.4, 0.5) is 0 Å². The third-order valence-corrected chi connectivity index (χ3v) is 3.18. The first-order valence-electron chi connectivity index (χ1n) is 5.51. The molecule has 1 radical (unpaired) electrons. The van der Waals surface area contributed by atoms with Crippen molar-refractivity contribution in [3.63, 3.8) is 0 Å². The summed E-state index contributed by atoms with van der Waals surface area (Å²) in [6.07, 6.45) is 7.20. The zero-order chi connectivity index (χ0) is 8.81. The maximum Gasteiger partial charge on any atom is 0.0164 e. The summed E-state index contributed by atoms with van der Waals surface area (Å²) in [5, 5.41) is 4.49. The Kier molecular flexibility index (Phi) is 4.67. The second kappa shape index (κ2) is 5.58. The van der Waals surface area contributed by atoms with Gasteiger partial charge in [0.05, 0.1) is 0 Å². The highest BCUT2D eigenvalue weighted by atomic mass is 14.8. The van der Waals surface area contributed by atoms with Gasteiger partial charge in [-0.3, -0.25) is 0 Å². The van der Waals surface area contributed by atoms with Crippen LogP contribution in [0.15, 0.2) is 0 Å². The van der Waals surface area contributed by atoms with Crippen LogP contribution in [0.25, 0.3) is 0 Å². The van der Waals surface area contributed by atoms with E-state index in [2.05, 4.69) is 19.2 Å². The summed E-state index contributed by atoms with van der Waals surface area (Å²) in [6, 6.07) is 0. The molecule has 0 N–H and O–H groups in total. The largest absolute Gasteiger partial charge is 0.242 e. The first kappa shape index (κ1) is 10.0. The second-order valence-corrected chi connectivity index (χ2v) is 3.94. The van der Waals surface area contributed by atoms with E-state index in [0.29, 0.717) is 0 Å². The minimum atomic E-state index is 0.896. The van der Waals surface area contributed by atoms with Gasteiger partial charge in [0.1, 0.15) is 0 Å². The Morgan fingerprint density at radius 1 is 1.25 bits per heavy atom. The molecule has 0 aliphatic heterocycles. The molecule has 0 aromatic heterocycles. The van der Waals surface area contributed by atoms with Crippen LogP contribution in [0.3, 0.4) is 0 Å². The Labute approximate surface area is 76.9 Å². The highest BCUT2D eigenvalue weighted by molar-refractivity contribution is 4.75. The van der Waals surface area contributed by atoms with Gasteiger partial charge in [-0.1, -0.05) is 46.0 Å². The molecule has 0 amide bonds. The molecule has 1 unspecified atom stereocenters. The molecule has 1 aliphatic rings. The lowest BCUT2D eigenvalue weighted by Gasteiger charge is -2.21. The van der Waals surface area contributed by atoms with E-state index in [4.69, 9.17) is 0 Å². The van der Waals surface area contributed by atoms with Crippen LogP contribution in [0, 0.1) is 11.8 Å². The van der Waals surface area contributed by atoms with Crippen LogP contribution in [-0.2, 0) is 0 Å². The molecular formula is C11H22N. The highest BCUT2D eigenvalue weighted by Crippen LogP contribution is 2.32. The first-order chi connectivity index (χ1) is 5.88. The van der Waals surface area contributed by atoms with Crippen molar-refractivity contribution in [3.8, 4) is 0 Å². The molecule has 71 valence electrons. The molecule has 0 saturated heterocycles. The van der Waals surface area contributed by atoms with E-state index >= 15 is 0 Å². The lowest BCUT2D eigenvalue weighted by molar-refractivity contribution is 0.314. The van der Waals surface area contributed by atoms with E-state index in [1.165, 1.54) is 32.1 Å². The van der Waals surface area contributed by atoms with Gasteiger partial charge in [-0.25, -0.2) is 5.32 Å². The lowest BCUT2D eigenvalue weighted by atomic mass is 9.89. The normalized spacial score (nSPS) is 21.5. The zero-order valence-electron chi connectivity index (χ0n) is 8.55. The quantitative estimate of drug-likeness (QED) is 0.599. The van der Waals surface area contributed by atoms with Crippen molar-refractivity contribution in [2.24, 2.45) is 11.8 Å². The van der Waals surface area contributed by atoms with Crippen molar-refractivity contribution in [1.82, 2.24) is 5.32 Å². The summed E-state index contributed by atoms with van der Waals surface area (Å²) in [7, 11) is 0. The number of hydrogen-bond donors (Lipinski definition) is 0. The summed E-state index contributed by atoms with van der Waals surface area (Å²) >= 11 is 0. The van der Waals surface area contributed by atoms with E-state index in [-0.39, 0.29) is 0 Å². The third kappa shape index (κ3) is 2.78. The van der Waals surface area contributed by atoms with E-state index in [0.717, 1.165) is 24.9 Å². The van der Waals surface area contributed by atoms with Crippen molar-refractivity contribution in [2.45, 2.75) is 46.0 Å². The van der Waals surface area contributed by atoms with E-state index in [1.807, 2.05) is 0 Å². The predicted octanol–water partition coefficient (Wildman–Crippen LogP) is 2.83. The molecule has 12 heavy (non-hydrogen) atoms. The highest BCUT2D eigenvalue weighted by Gasteiger charge is 2.23. The molecule has 0 aromatic carbocycles. The van der Waals surface area contributed by atoms with Crippen LogP contribution in [0.2, 0.25) is 0 Å². The molecule has 0 bridgehead atoms. The maximum atomic E-state index is 4.49. The minimum absolute atomic E-state index is 0.896. The molecule has 0 aromatic rings. The molecule has 1 rings (SSSR count). The van der Waals surface area contributed by atoms with E-state index < -0.39 is 0 Å². The van der Waals surface area contributed by atoms with Crippen LogP contribution in [-0.4, -0.2) is 13.1 Å². The van der Waals surface area contributed by atoms with Gasteiger partial charge in [-0.05, 0) is 11.8 Å². The fourth-order valence-electron chi connectivity index (χ4n) is 2.34. The van der Waals surface area contributed by atoms with Crippen LogP contribution in [0.1, 0.15) is 46.0 Å². The van der Waals surface area contributed by atoms with Crippen molar-refractivity contribution in [2.75, 3.05) is 13.1 Å². The van der Waals surface area contributed by atoms with Crippen LogP contribution in [0.5, 0.6) is 0 Å². The second-order valence-electron chi connectivity index (χ2n) is 3.94. The third-order valence-electron chi connectivity index (χ3n) is 3.18. The summed E-state index contributed by atoms with van der Waals surface area (Å²) in [6.45, 7) is 6.58. The standard InChI is InChI=1S/C11H22N/c1-3-10(9-12-4-2)11-7-5-6-8-11/h10-11H,3-9H2,1-2H3.